The molecular formula is C15H13N3O5S. The Morgan fingerprint density at radius 2 is 1.83 bits per heavy atom. The quantitative estimate of drug-likeness (QED) is 0.621. The molecular weight excluding hydrogens is 334 g/mol. The molecule has 9 heteroatoms. The maximum atomic E-state index is 12.8. The van der Waals surface area contributed by atoms with Gasteiger partial charge in [-0.3, -0.25) is 25.0 Å². The van der Waals surface area contributed by atoms with Gasteiger partial charge in [0.1, 0.15) is 0 Å². The van der Waals surface area contributed by atoms with Crippen LogP contribution < -0.4 is 0 Å². The predicted octanol–water partition coefficient (Wildman–Crippen LogP) is 3.54. The van der Waals surface area contributed by atoms with Gasteiger partial charge in [-0.15, -0.1) is 11.3 Å². The first-order valence-corrected chi connectivity index (χ1v) is 8.13. The van der Waals surface area contributed by atoms with Crippen molar-refractivity contribution in [3.63, 3.8) is 0 Å². The molecule has 24 heavy (non-hydrogen) atoms. The Kier molecular flexibility index (Phi) is 4.26. The highest BCUT2D eigenvalue weighted by Gasteiger charge is 2.32. The van der Waals surface area contributed by atoms with Crippen LogP contribution in [0.3, 0.4) is 0 Å². The van der Waals surface area contributed by atoms with Crippen LogP contribution in [0.5, 0.6) is 0 Å². The average Bonchev–Trinajstić information content (AvgIpc) is 3.24. The average molecular weight is 347 g/mol. The molecule has 2 aromatic rings. The van der Waals surface area contributed by atoms with Gasteiger partial charge >= 0.3 is 0 Å². The first-order chi connectivity index (χ1) is 11.5. The summed E-state index contributed by atoms with van der Waals surface area (Å²) in [6.45, 7) is 0.526. The van der Waals surface area contributed by atoms with Crippen molar-refractivity contribution in [2.24, 2.45) is 0 Å². The SMILES string of the molecule is O=C(c1cc([N+](=O)[O-])cc([N+](=O)[O-])c1)N1CCCC1c1cccs1. The van der Waals surface area contributed by atoms with Gasteiger partial charge in [0.05, 0.1) is 27.5 Å². The van der Waals surface area contributed by atoms with E-state index in [1.54, 1.807) is 16.2 Å². The maximum absolute atomic E-state index is 12.8. The van der Waals surface area contributed by atoms with Crippen molar-refractivity contribution in [2.45, 2.75) is 18.9 Å². The molecule has 1 aliphatic heterocycles. The third-order valence-corrected chi connectivity index (χ3v) is 4.93. The number of carbonyl (C=O) groups is 1. The van der Waals surface area contributed by atoms with Gasteiger partial charge in [0.25, 0.3) is 17.3 Å². The third kappa shape index (κ3) is 2.98. The van der Waals surface area contributed by atoms with Crippen LogP contribution in [0.25, 0.3) is 0 Å². The molecule has 1 aromatic heterocycles. The lowest BCUT2D eigenvalue weighted by Crippen LogP contribution is -2.30. The van der Waals surface area contributed by atoms with Gasteiger partial charge in [-0.2, -0.15) is 0 Å². The second-order valence-electron chi connectivity index (χ2n) is 5.42. The molecule has 0 saturated carbocycles. The van der Waals surface area contributed by atoms with Crippen LogP contribution in [-0.2, 0) is 0 Å². The molecule has 124 valence electrons. The molecule has 0 radical (unpaired) electrons. The van der Waals surface area contributed by atoms with Gasteiger partial charge in [-0.05, 0) is 24.3 Å². The second-order valence-corrected chi connectivity index (χ2v) is 6.40. The molecule has 1 amide bonds. The predicted molar refractivity (Wildman–Crippen MR) is 87.1 cm³/mol. The largest absolute Gasteiger partial charge is 0.331 e. The molecule has 0 N–H and O–H groups in total. The molecule has 8 nitrogen and oxygen atoms in total. The van der Waals surface area contributed by atoms with E-state index in [4.69, 9.17) is 0 Å². The standard InChI is InChI=1S/C15H13N3O5S/c19-15(16-5-1-3-13(16)14-4-2-6-24-14)10-7-11(17(20)21)9-12(8-10)18(22)23/h2,4,6-9,13H,1,3,5H2. The highest BCUT2D eigenvalue weighted by atomic mass is 32.1. The Balaban J connectivity index is 1.97. The third-order valence-electron chi connectivity index (χ3n) is 3.96. The Hall–Kier alpha value is -2.81. The number of likely N-dealkylation sites (tertiary alicyclic amines) is 1. The smallest absolute Gasteiger partial charge is 0.277 e. The molecule has 1 saturated heterocycles. The summed E-state index contributed by atoms with van der Waals surface area (Å²) in [5, 5.41) is 23.9. The molecule has 1 aliphatic rings. The summed E-state index contributed by atoms with van der Waals surface area (Å²) in [4.78, 5) is 36.0. The van der Waals surface area contributed by atoms with Crippen LogP contribution in [0.15, 0.2) is 35.7 Å². The van der Waals surface area contributed by atoms with Gasteiger partial charge in [0.2, 0.25) is 0 Å². The van der Waals surface area contributed by atoms with E-state index < -0.39 is 27.1 Å². The summed E-state index contributed by atoms with van der Waals surface area (Å²) < 4.78 is 0. The van der Waals surface area contributed by atoms with Crippen molar-refractivity contribution in [3.05, 3.63) is 66.4 Å². The van der Waals surface area contributed by atoms with Gasteiger partial charge in [0, 0.05) is 23.6 Å². The minimum Gasteiger partial charge on any atom is -0.331 e. The van der Waals surface area contributed by atoms with Gasteiger partial charge in [-0.1, -0.05) is 6.07 Å². The monoisotopic (exact) mass is 347 g/mol. The molecule has 1 unspecified atom stereocenters. The number of hydrogen-bond acceptors (Lipinski definition) is 6. The maximum Gasteiger partial charge on any atom is 0.277 e. The molecule has 3 rings (SSSR count). The van der Waals surface area contributed by atoms with Crippen molar-refractivity contribution in [2.75, 3.05) is 6.54 Å². The van der Waals surface area contributed by atoms with E-state index in [-0.39, 0.29) is 11.6 Å². The summed E-state index contributed by atoms with van der Waals surface area (Å²) >= 11 is 1.54. The summed E-state index contributed by atoms with van der Waals surface area (Å²) in [5.74, 6) is -0.419. The lowest BCUT2D eigenvalue weighted by Gasteiger charge is -2.23. The summed E-state index contributed by atoms with van der Waals surface area (Å²) in [7, 11) is 0. The number of non-ortho nitro benzene ring substituents is 2. The molecule has 1 aromatic carbocycles. The molecule has 0 bridgehead atoms. The van der Waals surface area contributed by atoms with E-state index in [0.717, 1.165) is 35.9 Å². The number of nitro groups is 2. The summed E-state index contributed by atoms with van der Waals surface area (Å²) in [5.41, 5.74) is -0.946. The Morgan fingerprint density at radius 3 is 2.38 bits per heavy atom. The highest BCUT2D eigenvalue weighted by molar-refractivity contribution is 7.10. The molecule has 2 heterocycles. The van der Waals surface area contributed by atoms with Crippen LogP contribution in [0.4, 0.5) is 11.4 Å². The fourth-order valence-electron chi connectivity index (χ4n) is 2.88. The fraction of sp³-hybridized carbons (Fsp3) is 0.267. The van der Waals surface area contributed by atoms with Crippen LogP contribution in [0, 0.1) is 20.2 Å². The second kappa shape index (κ2) is 6.36. The Bertz CT molecular complexity index is 773. The minimum absolute atomic E-state index is 0.0284. The zero-order valence-corrected chi connectivity index (χ0v) is 13.3. The van der Waals surface area contributed by atoms with Crippen molar-refractivity contribution in [1.29, 1.82) is 0 Å². The molecule has 1 fully saturated rings. The van der Waals surface area contributed by atoms with E-state index in [2.05, 4.69) is 0 Å². The van der Waals surface area contributed by atoms with Gasteiger partial charge < -0.3 is 4.90 Å². The highest BCUT2D eigenvalue weighted by Crippen LogP contribution is 2.36. The van der Waals surface area contributed by atoms with E-state index >= 15 is 0 Å². The van der Waals surface area contributed by atoms with Gasteiger partial charge in [0.15, 0.2) is 0 Å². The first kappa shape index (κ1) is 16.1. The van der Waals surface area contributed by atoms with E-state index in [1.165, 1.54) is 0 Å². The Morgan fingerprint density at radius 1 is 1.17 bits per heavy atom. The fourth-order valence-corrected chi connectivity index (χ4v) is 3.76. The molecule has 0 aliphatic carbocycles. The lowest BCUT2D eigenvalue weighted by molar-refractivity contribution is -0.394. The number of benzene rings is 1. The van der Waals surface area contributed by atoms with Crippen LogP contribution in [0.1, 0.15) is 34.1 Å². The zero-order chi connectivity index (χ0) is 17.3. The van der Waals surface area contributed by atoms with E-state index in [9.17, 15) is 25.0 Å². The number of hydrogen-bond donors (Lipinski definition) is 0. The topological polar surface area (TPSA) is 107 Å². The number of rotatable bonds is 4. The zero-order valence-electron chi connectivity index (χ0n) is 12.5. The van der Waals surface area contributed by atoms with Crippen LogP contribution >= 0.6 is 11.3 Å². The van der Waals surface area contributed by atoms with E-state index in [1.807, 2.05) is 17.5 Å². The number of thiophene rings is 1. The lowest BCUT2D eigenvalue weighted by atomic mass is 10.1. The molecule has 0 spiro atoms. The van der Waals surface area contributed by atoms with Gasteiger partial charge in [-0.25, -0.2) is 0 Å². The number of nitrogens with zero attached hydrogens (tertiary/aromatic N) is 3. The van der Waals surface area contributed by atoms with E-state index in [0.29, 0.717) is 6.54 Å². The van der Waals surface area contributed by atoms with Crippen molar-refractivity contribution in [3.8, 4) is 0 Å². The summed E-state index contributed by atoms with van der Waals surface area (Å²) in [6.07, 6.45) is 1.63. The number of nitro benzene ring substituents is 2. The van der Waals surface area contributed by atoms with Crippen LogP contribution in [0.2, 0.25) is 0 Å². The van der Waals surface area contributed by atoms with Crippen LogP contribution in [-0.4, -0.2) is 27.2 Å². The van der Waals surface area contributed by atoms with Crippen molar-refractivity contribution in [1.82, 2.24) is 4.90 Å². The van der Waals surface area contributed by atoms with Crippen molar-refractivity contribution < 1.29 is 14.6 Å². The molecule has 1 atom stereocenters. The summed E-state index contributed by atoms with van der Waals surface area (Å²) in [6, 6.07) is 6.81. The number of carbonyl (C=O) groups excluding carboxylic acids is 1. The number of amides is 1. The minimum atomic E-state index is -0.732. The first-order valence-electron chi connectivity index (χ1n) is 7.25. The Labute approximate surface area is 140 Å². The van der Waals surface area contributed by atoms with Crippen molar-refractivity contribution >= 4 is 28.6 Å². The normalized spacial score (nSPS) is 17.0.